The summed E-state index contributed by atoms with van der Waals surface area (Å²) in [6.07, 6.45) is 2.33. The SMILES string of the molecule is Cc1nnc(CCn2c(CN3CCC(c4cccc(OCc5ccc(Cl)cc5F)n4)CC3)nc3ccc(C(=O)O)cc32)o1. The van der Waals surface area contributed by atoms with Crippen LogP contribution in [0.3, 0.4) is 0 Å². The number of halogens is 2. The number of carboxylic acid groups (broad SMARTS) is 1. The predicted octanol–water partition coefficient (Wildman–Crippen LogP) is 5.81. The van der Waals surface area contributed by atoms with Crippen molar-refractivity contribution < 1.29 is 23.4 Å². The first-order valence-corrected chi connectivity index (χ1v) is 14.5. The molecule has 0 aliphatic carbocycles. The molecular formula is C31H30ClFN6O4. The average molecular weight is 605 g/mol. The van der Waals surface area contributed by atoms with Gasteiger partial charge in [0.1, 0.15) is 18.2 Å². The van der Waals surface area contributed by atoms with Crippen LogP contribution in [0.4, 0.5) is 4.39 Å². The van der Waals surface area contributed by atoms with Crippen molar-refractivity contribution in [2.45, 2.75) is 51.8 Å². The number of imidazole rings is 1. The lowest BCUT2D eigenvalue weighted by molar-refractivity contribution is 0.0697. The van der Waals surface area contributed by atoms with Crippen LogP contribution in [0.2, 0.25) is 5.02 Å². The van der Waals surface area contributed by atoms with Gasteiger partial charge < -0.3 is 18.8 Å². The predicted molar refractivity (Wildman–Crippen MR) is 157 cm³/mol. The summed E-state index contributed by atoms with van der Waals surface area (Å²) in [5, 5.41) is 17.9. The molecule has 3 aromatic heterocycles. The van der Waals surface area contributed by atoms with Gasteiger partial charge in [0.25, 0.3) is 0 Å². The minimum atomic E-state index is -0.981. The van der Waals surface area contributed by atoms with Gasteiger partial charge in [-0.05, 0) is 62.3 Å². The third-order valence-corrected chi connectivity index (χ3v) is 7.93. The van der Waals surface area contributed by atoms with Crippen molar-refractivity contribution in [3.8, 4) is 5.88 Å². The molecular weight excluding hydrogens is 575 g/mol. The third kappa shape index (κ3) is 6.68. The number of carbonyl (C=O) groups is 1. The van der Waals surface area contributed by atoms with Crippen LogP contribution in [-0.2, 0) is 26.1 Å². The number of aryl methyl sites for hydroxylation is 3. The topological polar surface area (TPSA) is 119 Å². The Balaban J connectivity index is 1.12. The van der Waals surface area contributed by atoms with Crippen molar-refractivity contribution in [2.24, 2.45) is 0 Å². The number of nitrogens with zero attached hydrogens (tertiary/aromatic N) is 6. The molecule has 5 aromatic rings. The lowest BCUT2D eigenvalue weighted by Gasteiger charge is -2.31. The number of piperidine rings is 1. The summed E-state index contributed by atoms with van der Waals surface area (Å²) in [5.74, 6) is 1.23. The molecule has 1 saturated heterocycles. The number of hydrogen-bond donors (Lipinski definition) is 1. The first kappa shape index (κ1) is 28.8. The molecule has 1 N–H and O–H groups in total. The van der Waals surface area contributed by atoms with Gasteiger partial charge in [-0.2, -0.15) is 0 Å². The molecule has 0 spiro atoms. The van der Waals surface area contributed by atoms with Gasteiger partial charge in [0.15, 0.2) is 0 Å². The Labute approximate surface area is 252 Å². The summed E-state index contributed by atoms with van der Waals surface area (Å²) in [6, 6.07) is 15.2. The molecule has 0 saturated carbocycles. The molecule has 222 valence electrons. The number of aromatic carboxylic acids is 1. The molecule has 4 heterocycles. The number of aromatic nitrogens is 5. The van der Waals surface area contributed by atoms with Gasteiger partial charge in [-0.25, -0.2) is 19.2 Å². The molecule has 12 heteroatoms. The van der Waals surface area contributed by atoms with E-state index >= 15 is 0 Å². The highest BCUT2D eigenvalue weighted by atomic mass is 35.5. The van der Waals surface area contributed by atoms with Crippen LogP contribution in [0.25, 0.3) is 11.0 Å². The van der Waals surface area contributed by atoms with Crippen molar-refractivity contribution in [3.05, 3.63) is 99.9 Å². The number of carboxylic acids is 1. The van der Waals surface area contributed by atoms with E-state index in [-0.39, 0.29) is 18.1 Å². The van der Waals surface area contributed by atoms with Crippen LogP contribution in [0, 0.1) is 12.7 Å². The van der Waals surface area contributed by atoms with E-state index in [2.05, 4.69) is 19.7 Å². The van der Waals surface area contributed by atoms with Gasteiger partial charge in [0.2, 0.25) is 17.7 Å². The quantitative estimate of drug-likeness (QED) is 0.210. The Morgan fingerprint density at radius 1 is 1.12 bits per heavy atom. The minimum Gasteiger partial charge on any atom is -0.478 e. The zero-order valence-electron chi connectivity index (χ0n) is 23.5. The van der Waals surface area contributed by atoms with Gasteiger partial charge in [-0.3, -0.25) is 4.90 Å². The summed E-state index contributed by atoms with van der Waals surface area (Å²) >= 11 is 5.85. The second kappa shape index (κ2) is 12.5. The highest BCUT2D eigenvalue weighted by Crippen LogP contribution is 2.29. The fourth-order valence-corrected chi connectivity index (χ4v) is 5.60. The summed E-state index contributed by atoms with van der Waals surface area (Å²) in [7, 11) is 0. The van der Waals surface area contributed by atoms with E-state index in [1.807, 2.05) is 12.1 Å². The Morgan fingerprint density at radius 2 is 1.95 bits per heavy atom. The van der Waals surface area contributed by atoms with Crippen LogP contribution >= 0.6 is 11.6 Å². The highest BCUT2D eigenvalue weighted by molar-refractivity contribution is 6.30. The number of ether oxygens (including phenoxy) is 1. The second-order valence-electron chi connectivity index (χ2n) is 10.6. The van der Waals surface area contributed by atoms with Crippen LogP contribution in [0.15, 0.2) is 59.0 Å². The Kier molecular flexibility index (Phi) is 8.35. The molecule has 2 aromatic carbocycles. The van der Waals surface area contributed by atoms with Crippen molar-refractivity contribution in [2.75, 3.05) is 13.1 Å². The van der Waals surface area contributed by atoms with Crippen molar-refractivity contribution in [3.63, 3.8) is 0 Å². The van der Waals surface area contributed by atoms with Gasteiger partial charge in [-0.15, -0.1) is 10.2 Å². The second-order valence-corrected chi connectivity index (χ2v) is 11.1. The number of pyridine rings is 1. The molecule has 1 aliphatic rings. The maximum Gasteiger partial charge on any atom is 0.335 e. The van der Waals surface area contributed by atoms with Gasteiger partial charge >= 0.3 is 5.97 Å². The van der Waals surface area contributed by atoms with Gasteiger partial charge in [-0.1, -0.05) is 23.7 Å². The van der Waals surface area contributed by atoms with E-state index < -0.39 is 11.8 Å². The smallest absolute Gasteiger partial charge is 0.335 e. The molecule has 1 aliphatic heterocycles. The lowest BCUT2D eigenvalue weighted by atomic mass is 9.93. The largest absolute Gasteiger partial charge is 0.478 e. The molecule has 0 amide bonds. The lowest BCUT2D eigenvalue weighted by Crippen LogP contribution is -2.33. The van der Waals surface area contributed by atoms with Crippen molar-refractivity contribution in [1.82, 2.24) is 29.6 Å². The maximum absolute atomic E-state index is 14.1. The van der Waals surface area contributed by atoms with Gasteiger partial charge in [0.05, 0.1) is 23.1 Å². The number of benzene rings is 2. The zero-order valence-corrected chi connectivity index (χ0v) is 24.3. The van der Waals surface area contributed by atoms with E-state index in [1.165, 1.54) is 6.07 Å². The van der Waals surface area contributed by atoms with Crippen LogP contribution in [0.1, 0.15) is 58.0 Å². The fourth-order valence-electron chi connectivity index (χ4n) is 5.44. The number of fused-ring (bicyclic) bond motifs is 1. The Morgan fingerprint density at radius 3 is 2.70 bits per heavy atom. The molecule has 0 atom stereocenters. The van der Waals surface area contributed by atoms with E-state index in [9.17, 15) is 14.3 Å². The average Bonchev–Trinajstić information content (AvgIpc) is 3.57. The van der Waals surface area contributed by atoms with Crippen LogP contribution < -0.4 is 4.74 Å². The van der Waals surface area contributed by atoms with Crippen LogP contribution in [0.5, 0.6) is 5.88 Å². The van der Waals surface area contributed by atoms with E-state index in [0.717, 1.165) is 48.5 Å². The molecule has 0 radical (unpaired) electrons. The van der Waals surface area contributed by atoms with Gasteiger partial charge in [0, 0.05) is 48.2 Å². The maximum atomic E-state index is 14.1. The first-order chi connectivity index (χ1) is 20.8. The van der Waals surface area contributed by atoms with E-state index in [0.29, 0.717) is 47.8 Å². The molecule has 10 nitrogen and oxygen atoms in total. The van der Waals surface area contributed by atoms with E-state index in [1.54, 1.807) is 43.3 Å². The fraction of sp³-hybridized carbons (Fsp3) is 0.323. The summed E-state index contributed by atoms with van der Waals surface area (Å²) < 4.78 is 27.6. The van der Waals surface area contributed by atoms with Crippen LogP contribution in [-0.4, -0.2) is 53.8 Å². The molecule has 6 rings (SSSR count). The first-order valence-electron chi connectivity index (χ1n) is 14.1. The minimum absolute atomic E-state index is 0.0684. The Hall–Kier alpha value is -4.35. The molecule has 0 unspecified atom stereocenters. The zero-order chi connectivity index (χ0) is 29.9. The summed E-state index contributed by atoms with van der Waals surface area (Å²) in [4.78, 5) is 23.6. The number of rotatable bonds is 10. The molecule has 1 fully saturated rings. The highest BCUT2D eigenvalue weighted by Gasteiger charge is 2.24. The monoisotopic (exact) mass is 604 g/mol. The normalized spacial score (nSPS) is 14.4. The summed E-state index contributed by atoms with van der Waals surface area (Å²) in [5.41, 5.74) is 3.10. The van der Waals surface area contributed by atoms with E-state index in [4.69, 9.17) is 30.7 Å². The number of hydrogen-bond acceptors (Lipinski definition) is 8. The number of likely N-dealkylation sites (tertiary alicyclic amines) is 1. The van der Waals surface area contributed by atoms with Crippen molar-refractivity contribution in [1.29, 1.82) is 0 Å². The third-order valence-electron chi connectivity index (χ3n) is 7.70. The Bertz CT molecular complexity index is 1760. The molecule has 0 bridgehead atoms. The van der Waals surface area contributed by atoms with Crippen molar-refractivity contribution >= 4 is 28.6 Å². The molecule has 43 heavy (non-hydrogen) atoms. The standard InChI is InChI=1S/C31H30ClFN6O4/c1-19-36-37-30(43-19)11-14-39-27-15-21(31(40)41)6-8-26(27)34-28(39)17-38-12-9-20(10-13-38)25-3-2-4-29(35-25)42-18-22-5-7-23(32)16-24(22)33/h2-8,15-16,20H,9-14,17-18H2,1H3,(H,40,41). The summed E-state index contributed by atoms with van der Waals surface area (Å²) in [6.45, 7) is 4.66.